The lowest BCUT2D eigenvalue weighted by Crippen LogP contribution is -2.18. The summed E-state index contributed by atoms with van der Waals surface area (Å²) in [5.41, 5.74) is 16.1. The van der Waals surface area contributed by atoms with Crippen molar-refractivity contribution in [2.24, 2.45) is 0 Å². The molecule has 0 heterocycles. The van der Waals surface area contributed by atoms with E-state index in [4.69, 9.17) is 10.4 Å². The zero-order valence-electron chi connectivity index (χ0n) is 29.7. The van der Waals surface area contributed by atoms with Crippen LogP contribution in [0.4, 0.5) is 17.1 Å². The Morgan fingerprint density at radius 3 is 1.42 bits per heavy atom. The first-order valence-corrected chi connectivity index (χ1v) is 17.6. The third kappa shape index (κ3) is 5.43. The molecule has 0 amide bonds. The highest BCUT2D eigenvalue weighted by Gasteiger charge is 2.37. The molecule has 0 unspecified atom stereocenters. The molecule has 0 radical (unpaired) electrons. The van der Waals surface area contributed by atoms with E-state index in [1.807, 2.05) is 30.3 Å². The Labute approximate surface area is 305 Å². The molecule has 8 rings (SSSR count). The number of nitrogens with zero attached hydrogens (tertiary/aromatic N) is 2. The van der Waals surface area contributed by atoms with Gasteiger partial charge in [-0.15, -0.1) is 0 Å². The summed E-state index contributed by atoms with van der Waals surface area (Å²) in [6.45, 7) is 9.30. The van der Waals surface area contributed by atoms with Gasteiger partial charge in [0, 0.05) is 27.9 Å². The maximum absolute atomic E-state index is 11.2. The summed E-state index contributed by atoms with van der Waals surface area (Å²) in [7, 11) is 0. The van der Waals surface area contributed by atoms with E-state index in [1.165, 1.54) is 50.6 Å². The van der Waals surface area contributed by atoms with Gasteiger partial charge in [-0.2, -0.15) is 5.26 Å². The lowest BCUT2D eigenvalue weighted by Gasteiger charge is -2.29. The van der Waals surface area contributed by atoms with Crippen LogP contribution in [0.3, 0.4) is 0 Å². The standard InChI is InChI=1S/C48H38N2O2/c1-47(2)42-11-7-5-9-38(42)40-25-23-36(28-44(40)47)50(37-24-26-41-39-10-6-8-12-43(39)48(3,4)45(41)29-37)35-21-19-32(20-22-35)14-13-31-15-17-33(18-16-31)27-34(30-49)46(51)52/h5-29H,1-4H3,(H,51,52)/b14-13+,34-27-. The molecule has 0 saturated heterocycles. The van der Waals surface area contributed by atoms with E-state index < -0.39 is 5.97 Å². The molecule has 6 aromatic rings. The molecule has 0 spiro atoms. The van der Waals surface area contributed by atoms with Crippen molar-refractivity contribution < 1.29 is 9.90 Å². The number of nitriles is 1. The van der Waals surface area contributed by atoms with E-state index in [1.54, 1.807) is 6.07 Å². The minimum atomic E-state index is -1.23. The SMILES string of the molecule is CC1(C)c2ccccc2-c2ccc(N(c3ccc(/C=C/c4ccc(/C=C(/C#N)C(=O)O)cc4)cc3)c3ccc4c(c3)C(C)(C)c3ccccc3-4)cc21. The molecule has 0 bridgehead atoms. The van der Waals surface area contributed by atoms with E-state index in [9.17, 15) is 4.79 Å². The molecular weight excluding hydrogens is 637 g/mol. The van der Waals surface area contributed by atoms with Gasteiger partial charge in [-0.05, 0) is 104 Å². The Morgan fingerprint density at radius 1 is 0.558 bits per heavy atom. The van der Waals surface area contributed by atoms with Crippen molar-refractivity contribution >= 4 is 41.3 Å². The van der Waals surface area contributed by atoms with Crippen molar-refractivity contribution in [3.05, 3.63) is 178 Å². The summed E-state index contributed by atoms with van der Waals surface area (Å²) in [6.07, 6.45) is 5.48. The molecule has 2 aliphatic rings. The largest absolute Gasteiger partial charge is 0.477 e. The Morgan fingerprint density at radius 2 is 0.962 bits per heavy atom. The molecule has 52 heavy (non-hydrogen) atoms. The van der Waals surface area contributed by atoms with Gasteiger partial charge in [0.25, 0.3) is 0 Å². The number of aliphatic carboxylic acids is 1. The number of anilines is 3. The molecule has 0 aromatic heterocycles. The number of benzene rings is 6. The topological polar surface area (TPSA) is 64.3 Å². The summed E-state index contributed by atoms with van der Waals surface area (Å²) < 4.78 is 0. The lowest BCUT2D eigenvalue weighted by atomic mass is 9.82. The first-order chi connectivity index (χ1) is 25.1. The number of hydrogen-bond acceptors (Lipinski definition) is 3. The van der Waals surface area contributed by atoms with E-state index in [0.29, 0.717) is 5.56 Å². The number of rotatable bonds is 7. The summed E-state index contributed by atoms with van der Waals surface area (Å²) >= 11 is 0. The van der Waals surface area contributed by atoms with Gasteiger partial charge in [0.05, 0.1) is 0 Å². The number of fused-ring (bicyclic) bond motifs is 6. The van der Waals surface area contributed by atoms with Gasteiger partial charge in [0.1, 0.15) is 11.6 Å². The van der Waals surface area contributed by atoms with Crippen LogP contribution < -0.4 is 4.90 Å². The van der Waals surface area contributed by atoms with Crippen LogP contribution in [0.25, 0.3) is 40.5 Å². The van der Waals surface area contributed by atoms with Crippen molar-refractivity contribution in [1.82, 2.24) is 0 Å². The van der Waals surface area contributed by atoms with Crippen molar-refractivity contribution in [3.63, 3.8) is 0 Å². The molecule has 0 saturated carbocycles. The van der Waals surface area contributed by atoms with Crippen molar-refractivity contribution in [2.75, 3.05) is 4.90 Å². The van der Waals surface area contributed by atoms with Gasteiger partial charge in [0.2, 0.25) is 0 Å². The predicted octanol–water partition coefficient (Wildman–Crippen LogP) is 11.9. The Balaban J connectivity index is 1.17. The number of carboxylic acid groups (broad SMARTS) is 1. The average molecular weight is 675 g/mol. The summed E-state index contributed by atoms with van der Waals surface area (Å²) in [5, 5.41) is 18.2. The van der Waals surface area contributed by atoms with Gasteiger partial charge in [0.15, 0.2) is 0 Å². The fourth-order valence-electron chi connectivity index (χ4n) is 8.05. The van der Waals surface area contributed by atoms with E-state index in [2.05, 4.69) is 148 Å². The highest BCUT2D eigenvalue weighted by molar-refractivity contribution is 5.96. The Kier molecular flexibility index (Phi) is 7.81. The monoisotopic (exact) mass is 674 g/mol. The molecule has 4 heteroatoms. The fraction of sp³-hybridized carbons (Fsp3) is 0.125. The van der Waals surface area contributed by atoms with Crippen molar-refractivity contribution in [3.8, 4) is 28.3 Å². The predicted molar refractivity (Wildman–Crippen MR) is 213 cm³/mol. The Hall–Kier alpha value is -6.44. The number of carbonyl (C=O) groups is 1. The minimum Gasteiger partial charge on any atom is -0.477 e. The minimum absolute atomic E-state index is 0.118. The average Bonchev–Trinajstić information content (AvgIpc) is 3.53. The molecule has 1 N–H and O–H groups in total. The van der Waals surface area contributed by atoms with Gasteiger partial charge in [-0.25, -0.2) is 4.79 Å². The second kappa shape index (κ2) is 12.4. The zero-order valence-corrected chi connectivity index (χ0v) is 29.7. The maximum atomic E-state index is 11.2. The summed E-state index contributed by atoms with van der Waals surface area (Å²) in [5.74, 6) is -1.23. The second-order valence-corrected chi connectivity index (χ2v) is 14.7. The smallest absolute Gasteiger partial charge is 0.346 e. The Bertz CT molecular complexity index is 2390. The van der Waals surface area contributed by atoms with Gasteiger partial charge in [-0.1, -0.05) is 137 Å². The lowest BCUT2D eigenvalue weighted by molar-refractivity contribution is -0.132. The van der Waals surface area contributed by atoms with Crippen LogP contribution in [0.15, 0.2) is 139 Å². The van der Waals surface area contributed by atoms with Crippen LogP contribution in [-0.2, 0) is 15.6 Å². The van der Waals surface area contributed by atoms with Crippen molar-refractivity contribution in [1.29, 1.82) is 5.26 Å². The molecular formula is C48H38N2O2. The van der Waals surface area contributed by atoms with Gasteiger partial charge < -0.3 is 10.0 Å². The maximum Gasteiger partial charge on any atom is 0.346 e. The van der Waals surface area contributed by atoms with Crippen LogP contribution in [-0.4, -0.2) is 11.1 Å². The van der Waals surface area contributed by atoms with Crippen LogP contribution in [0.2, 0.25) is 0 Å². The highest BCUT2D eigenvalue weighted by atomic mass is 16.4. The third-order valence-corrected chi connectivity index (χ3v) is 10.9. The molecule has 2 aliphatic carbocycles. The quantitative estimate of drug-likeness (QED) is 0.104. The first-order valence-electron chi connectivity index (χ1n) is 17.6. The fourth-order valence-corrected chi connectivity index (χ4v) is 8.05. The molecule has 6 aromatic carbocycles. The van der Waals surface area contributed by atoms with Gasteiger partial charge in [-0.3, -0.25) is 0 Å². The summed E-state index contributed by atoms with van der Waals surface area (Å²) in [6, 6.07) is 49.2. The molecule has 0 atom stereocenters. The van der Waals surface area contributed by atoms with Crippen LogP contribution in [0.1, 0.15) is 66.6 Å². The molecule has 4 nitrogen and oxygen atoms in total. The van der Waals surface area contributed by atoms with E-state index >= 15 is 0 Å². The summed E-state index contributed by atoms with van der Waals surface area (Å²) in [4.78, 5) is 13.6. The van der Waals surface area contributed by atoms with Crippen LogP contribution >= 0.6 is 0 Å². The van der Waals surface area contributed by atoms with E-state index in [-0.39, 0.29) is 16.4 Å². The normalized spacial score (nSPS) is 14.6. The zero-order chi connectivity index (χ0) is 36.2. The third-order valence-electron chi connectivity index (χ3n) is 10.9. The van der Waals surface area contributed by atoms with Gasteiger partial charge >= 0.3 is 5.97 Å². The van der Waals surface area contributed by atoms with Crippen LogP contribution in [0.5, 0.6) is 0 Å². The van der Waals surface area contributed by atoms with Crippen LogP contribution in [0, 0.1) is 11.3 Å². The number of carboxylic acids is 1. The molecule has 0 fully saturated rings. The second-order valence-electron chi connectivity index (χ2n) is 14.7. The molecule has 0 aliphatic heterocycles. The first kappa shape index (κ1) is 32.7. The van der Waals surface area contributed by atoms with E-state index in [0.717, 1.165) is 28.2 Å². The number of hydrogen-bond donors (Lipinski definition) is 1. The molecule has 252 valence electrons. The highest BCUT2D eigenvalue weighted by Crippen LogP contribution is 2.53. The van der Waals surface area contributed by atoms with Crippen molar-refractivity contribution in [2.45, 2.75) is 38.5 Å².